The fourth-order valence-electron chi connectivity index (χ4n) is 1.26. The highest BCUT2D eigenvalue weighted by molar-refractivity contribution is 7.17. The van der Waals surface area contributed by atoms with E-state index < -0.39 is 0 Å². The molecule has 0 unspecified atom stereocenters. The summed E-state index contributed by atoms with van der Waals surface area (Å²) < 4.78 is 4.89. The molecular weight excluding hydrogens is 268 g/mol. The van der Waals surface area contributed by atoms with E-state index in [9.17, 15) is 4.79 Å². The monoisotopic (exact) mass is 282 g/mol. The van der Waals surface area contributed by atoms with E-state index in [1.54, 1.807) is 6.92 Å². The molecule has 0 fully saturated rings. The maximum atomic E-state index is 11.8. The first kappa shape index (κ1) is 13.4. The zero-order valence-electron chi connectivity index (χ0n) is 10.6. The van der Waals surface area contributed by atoms with Gasteiger partial charge in [-0.1, -0.05) is 23.4 Å². The third-order valence-corrected chi connectivity index (χ3v) is 3.00. The summed E-state index contributed by atoms with van der Waals surface area (Å²) in [5.41, 5.74) is 0. The molecule has 2 aromatic heterocycles. The van der Waals surface area contributed by atoms with Crippen LogP contribution in [-0.4, -0.2) is 32.8 Å². The van der Waals surface area contributed by atoms with Gasteiger partial charge < -0.3 is 15.2 Å². The first-order chi connectivity index (χ1) is 9.19. The normalized spacial score (nSPS) is 10.4. The molecule has 0 radical (unpaired) electrons. The van der Waals surface area contributed by atoms with Crippen molar-refractivity contribution < 1.29 is 9.32 Å². The number of hydrogen-bond donors (Lipinski definition) is 2. The van der Waals surface area contributed by atoms with Gasteiger partial charge in [0.15, 0.2) is 5.82 Å². The number of hydrogen-bond acceptors (Lipinski definition) is 8. The lowest BCUT2D eigenvalue weighted by atomic mass is 10.5. The largest absolute Gasteiger partial charge is 0.360 e. The number of nitrogens with one attached hydrogen (secondary N) is 2. The molecule has 0 aliphatic heterocycles. The van der Waals surface area contributed by atoms with Crippen molar-refractivity contribution in [3.63, 3.8) is 0 Å². The van der Waals surface area contributed by atoms with Crippen LogP contribution in [0.3, 0.4) is 0 Å². The topological polar surface area (TPSA) is 106 Å². The minimum absolute atomic E-state index is 0.178. The molecule has 0 saturated carbocycles. The van der Waals surface area contributed by atoms with Crippen LogP contribution in [0.2, 0.25) is 0 Å². The Balaban J connectivity index is 1.87. The molecule has 0 spiro atoms. The van der Waals surface area contributed by atoms with Crippen molar-refractivity contribution in [2.75, 3.05) is 11.9 Å². The van der Waals surface area contributed by atoms with E-state index in [1.807, 2.05) is 6.92 Å². The van der Waals surface area contributed by atoms with Crippen LogP contribution in [0.5, 0.6) is 0 Å². The summed E-state index contributed by atoms with van der Waals surface area (Å²) in [6.45, 7) is 4.74. The summed E-state index contributed by atoms with van der Waals surface area (Å²) in [5.74, 6) is 0.587. The van der Waals surface area contributed by atoms with E-state index in [-0.39, 0.29) is 12.5 Å². The molecule has 0 aliphatic carbocycles. The van der Waals surface area contributed by atoms with E-state index in [4.69, 9.17) is 4.52 Å². The van der Waals surface area contributed by atoms with E-state index in [2.05, 4.69) is 31.0 Å². The first-order valence-electron chi connectivity index (χ1n) is 5.83. The predicted octanol–water partition coefficient (Wildman–Crippen LogP) is 0.981. The van der Waals surface area contributed by atoms with Crippen LogP contribution in [0.4, 0.5) is 5.13 Å². The maximum Gasteiger partial charge on any atom is 0.282 e. The Morgan fingerprint density at radius 3 is 2.95 bits per heavy atom. The summed E-state index contributed by atoms with van der Waals surface area (Å²) in [5, 5.41) is 18.0. The number of aromatic nitrogens is 4. The van der Waals surface area contributed by atoms with Crippen molar-refractivity contribution in [2.45, 2.75) is 26.8 Å². The molecule has 0 atom stereocenters. The Hall–Kier alpha value is -2.03. The van der Waals surface area contributed by atoms with Gasteiger partial charge in [-0.25, -0.2) is 0 Å². The highest BCUT2D eigenvalue weighted by Crippen LogP contribution is 2.14. The van der Waals surface area contributed by atoms with Gasteiger partial charge in [0.25, 0.3) is 5.91 Å². The minimum atomic E-state index is -0.307. The third-order valence-electron chi connectivity index (χ3n) is 2.12. The lowest BCUT2D eigenvalue weighted by Crippen LogP contribution is -2.22. The Bertz CT molecular complexity index is 552. The number of carbonyl (C=O) groups is 1. The van der Waals surface area contributed by atoms with Crippen molar-refractivity contribution in [1.29, 1.82) is 0 Å². The molecule has 2 N–H and O–H groups in total. The molecule has 102 valence electrons. The molecule has 0 aliphatic rings. The van der Waals surface area contributed by atoms with Crippen LogP contribution in [0.25, 0.3) is 0 Å². The summed E-state index contributed by atoms with van der Waals surface area (Å²) >= 11 is 1.21. The van der Waals surface area contributed by atoms with Crippen LogP contribution in [0.15, 0.2) is 4.52 Å². The van der Waals surface area contributed by atoms with Crippen molar-refractivity contribution in [1.82, 2.24) is 25.7 Å². The number of carbonyl (C=O) groups excluding carboxylic acids is 1. The van der Waals surface area contributed by atoms with E-state index >= 15 is 0 Å². The average molecular weight is 282 g/mol. The van der Waals surface area contributed by atoms with Gasteiger partial charge in [-0.3, -0.25) is 4.79 Å². The molecule has 2 heterocycles. The third kappa shape index (κ3) is 3.71. The van der Waals surface area contributed by atoms with E-state index in [0.717, 1.165) is 13.0 Å². The average Bonchev–Trinajstić information content (AvgIpc) is 3.02. The second kappa shape index (κ2) is 6.23. The van der Waals surface area contributed by atoms with Crippen LogP contribution in [0.1, 0.15) is 34.9 Å². The van der Waals surface area contributed by atoms with Gasteiger partial charge in [-0.05, 0) is 13.3 Å². The Kier molecular flexibility index (Phi) is 4.39. The highest BCUT2D eigenvalue weighted by Gasteiger charge is 2.13. The standard InChI is InChI=1S/C10H14N6O2S/c1-3-4-11-10-15-14-9(19-10)8(17)12-5-7-13-6(2)16-18-7/h3-5H2,1-2H3,(H,11,15)(H,12,17). The molecule has 2 rings (SSSR count). The predicted molar refractivity (Wildman–Crippen MR) is 68.9 cm³/mol. The summed E-state index contributed by atoms with van der Waals surface area (Å²) in [4.78, 5) is 15.8. The van der Waals surface area contributed by atoms with Crippen LogP contribution < -0.4 is 10.6 Å². The number of aryl methyl sites for hydroxylation is 1. The Morgan fingerprint density at radius 2 is 2.26 bits per heavy atom. The number of nitrogens with zero attached hydrogens (tertiary/aromatic N) is 4. The number of anilines is 1. The molecule has 0 saturated heterocycles. The minimum Gasteiger partial charge on any atom is -0.360 e. The van der Waals surface area contributed by atoms with Crippen molar-refractivity contribution in [3.8, 4) is 0 Å². The molecule has 8 nitrogen and oxygen atoms in total. The van der Waals surface area contributed by atoms with E-state index in [0.29, 0.717) is 21.9 Å². The van der Waals surface area contributed by atoms with Crippen LogP contribution in [-0.2, 0) is 6.54 Å². The fraction of sp³-hybridized carbons (Fsp3) is 0.500. The van der Waals surface area contributed by atoms with Gasteiger partial charge in [0.1, 0.15) is 0 Å². The molecule has 0 aromatic carbocycles. The van der Waals surface area contributed by atoms with Gasteiger partial charge in [0.2, 0.25) is 16.0 Å². The molecule has 19 heavy (non-hydrogen) atoms. The smallest absolute Gasteiger partial charge is 0.282 e. The van der Waals surface area contributed by atoms with Gasteiger partial charge >= 0.3 is 0 Å². The lowest BCUT2D eigenvalue weighted by molar-refractivity contribution is 0.0945. The second-order valence-corrected chi connectivity index (χ2v) is 4.73. The van der Waals surface area contributed by atoms with E-state index in [1.165, 1.54) is 11.3 Å². The molecule has 0 bridgehead atoms. The van der Waals surface area contributed by atoms with Gasteiger partial charge in [0.05, 0.1) is 6.54 Å². The zero-order chi connectivity index (χ0) is 13.7. The number of rotatable bonds is 6. The van der Waals surface area contributed by atoms with Crippen molar-refractivity contribution in [2.24, 2.45) is 0 Å². The zero-order valence-corrected chi connectivity index (χ0v) is 11.5. The second-order valence-electron chi connectivity index (χ2n) is 3.76. The lowest BCUT2D eigenvalue weighted by Gasteiger charge is -1.97. The van der Waals surface area contributed by atoms with Gasteiger partial charge in [-0.15, -0.1) is 10.2 Å². The van der Waals surface area contributed by atoms with Gasteiger partial charge in [0, 0.05) is 6.54 Å². The molecular formula is C10H14N6O2S. The first-order valence-corrected chi connectivity index (χ1v) is 6.65. The quantitative estimate of drug-likeness (QED) is 0.813. The SMILES string of the molecule is CCCNc1nnc(C(=O)NCc2nc(C)no2)s1. The number of amides is 1. The van der Waals surface area contributed by atoms with Crippen LogP contribution in [0, 0.1) is 6.92 Å². The van der Waals surface area contributed by atoms with Gasteiger partial charge in [-0.2, -0.15) is 4.98 Å². The maximum absolute atomic E-state index is 11.8. The highest BCUT2D eigenvalue weighted by atomic mass is 32.1. The van der Waals surface area contributed by atoms with Crippen molar-refractivity contribution >= 4 is 22.4 Å². The van der Waals surface area contributed by atoms with Crippen molar-refractivity contribution in [3.05, 3.63) is 16.7 Å². The summed E-state index contributed by atoms with van der Waals surface area (Å²) in [7, 11) is 0. The molecule has 1 amide bonds. The molecule has 9 heteroatoms. The molecule has 2 aromatic rings. The van der Waals surface area contributed by atoms with Crippen LogP contribution >= 0.6 is 11.3 Å². The Morgan fingerprint density at radius 1 is 1.42 bits per heavy atom. The summed E-state index contributed by atoms with van der Waals surface area (Å²) in [6, 6.07) is 0. The Labute approximate surface area is 113 Å². The summed E-state index contributed by atoms with van der Waals surface area (Å²) in [6.07, 6.45) is 0.984. The fourth-order valence-corrected chi connectivity index (χ4v) is 1.95.